The normalized spacial score (nSPS) is 9.94. The van der Waals surface area contributed by atoms with E-state index < -0.39 is 0 Å². The molecule has 5 heteroatoms. The summed E-state index contributed by atoms with van der Waals surface area (Å²) < 4.78 is 5.17. The summed E-state index contributed by atoms with van der Waals surface area (Å²) in [5.41, 5.74) is 0.486. The zero-order valence-corrected chi connectivity index (χ0v) is 9.51. The van der Waals surface area contributed by atoms with E-state index in [1.165, 1.54) is 11.1 Å². The van der Waals surface area contributed by atoms with Crippen LogP contribution in [0.2, 0.25) is 0 Å². The highest BCUT2D eigenvalue weighted by Gasteiger charge is 2.11. The number of carbonyl (C=O) groups excluding carboxylic acids is 1. The number of hydrogen-bond donors (Lipinski definition) is 1. The molecule has 1 N–H and O–H groups in total. The van der Waals surface area contributed by atoms with Crippen LogP contribution in [0, 0.1) is 0 Å². The maximum atomic E-state index is 11.7. The van der Waals surface area contributed by atoms with Gasteiger partial charge in [0.05, 0.1) is 18.8 Å². The summed E-state index contributed by atoms with van der Waals surface area (Å²) in [5.74, 6) is 0.341. The van der Waals surface area contributed by atoms with Gasteiger partial charge in [0.25, 0.3) is 5.91 Å². The molecule has 0 aliphatic heterocycles. The Kier molecular flexibility index (Phi) is 4.72. The molecule has 0 unspecified atom stereocenters. The molecule has 0 aliphatic rings. The van der Waals surface area contributed by atoms with Gasteiger partial charge < -0.3 is 14.7 Å². The first kappa shape index (κ1) is 12.4. The molecule has 0 bridgehead atoms. The van der Waals surface area contributed by atoms with Gasteiger partial charge in [-0.15, -0.1) is 0 Å². The Hall–Kier alpha value is -1.62. The third kappa shape index (κ3) is 3.20. The van der Waals surface area contributed by atoms with Crippen LogP contribution in [-0.2, 0) is 0 Å². The van der Waals surface area contributed by atoms with E-state index in [0.717, 1.165) is 0 Å². The summed E-state index contributed by atoms with van der Waals surface area (Å²) >= 11 is 0. The van der Waals surface area contributed by atoms with Crippen LogP contribution in [0.3, 0.4) is 0 Å². The zero-order valence-electron chi connectivity index (χ0n) is 9.51. The molecule has 1 aromatic heterocycles. The van der Waals surface area contributed by atoms with Crippen molar-refractivity contribution in [1.29, 1.82) is 0 Å². The molecule has 1 amide bonds. The lowest BCUT2D eigenvalue weighted by atomic mass is 10.2. The molecule has 1 rings (SSSR count). The Bertz CT molecular complexity index is 338. The summed E-state index contributed by atoms with van der Waals surface area (Å²) in [7, 11) is 1.63. The SMILES string of the molecule is CCOc1ccc(C(=O)N(C)CCO)cn1. The second-order valence-corrected chi connectivity index (χ2v) is 3.27. The van der Waals surface area contributed by atoms with Crippen LogP contribution in [0.1, 0.15) is 17.3 Å². The Morgan fingerprint density at radius 3 is 2.81 bits per heavy atom. The fourth-order valence-electron chi connectivity index (χ4n) is 1.21. The highest BCUT2D eigenvalue weighted by Crippen LogP contribution is 2.09. The molecule has 0 fully saturated rings. The van der Waals surface area contributed by atoms with Gasteiger partial charge >= 0.3 is 0 Å². The molecule has 5 nitrogen and oxygen atoms in total. The fraction of sp³-hybridized carbons (Fsp3) is 0.455. The summed E-state index contributed by atoms with van der Waals surface area (Å²) in [4.78, 5) is 17.2. The van der Waals surface area contributed by atoms with Gasteiger partial charge in [-0.1, -0.05) is 0 Å². The largest absolute Gasteiger partial charge is 0.478 e. The summed E-state index contributed by atoms with van der Waals surface area (Å²) in [6.07, 6.45) is 1.47. The number of amides is 1. The lowest BCUT2D eigenvalue weighted by molar-refractivity contribution is 0.0766. The molecular formula is C11H16N2O3. The minimum Gasteiger partial charge on any atom is -0.478 e. The van der Waals surface area contributed by atoms with E-state index >= 15 is 0 Å². The van der Waals surface area contributed by atoms with Gasteiger partial charge in [0.2, 0.25) is 5.88 Å². The van der Waals surface area contributed by atoms with Crippen molar-refractivity contribution in [3.63, 3.8) is 0 Å². The highest BCUT2D eigenvalue weighted by molar-refractivity contribution is 5.93. The first-order valence-corrected chi connectivity index (χ1v) is 5.14. The van der Waals surface area contributed by atoms with Crippen molar-refractivity contribution >= 4 is 5.91 Å². The van der Waals surface area contributed by atoms with Gasteiger partial charge in [0.15, 0.2) is 0 Å². The first-order chi connectivity index (χ1) is 7.69. The fourth-order valence-corrected chi connectivity index (χ4v) is 1.21. The van der Waals surface area contributed by atoms with Gasteiger partial charge in [0, 0.05) is 25.9 Å². The molecule has 0 saturated heterocycles. The van der Waals surface area contributed by atoms with Crippen LogP contribution in [0.4, 0.5) is 0 Å². The van der Waals surface area contributed by atoms with Crippen LogP contribution in [0.15, 0.2) is 18.3 Å². The molecule has 0 atom stereocenters. The first-order valence-electron chi connectivity index (χ1n) is 5.14. The third-order valence-electron chi connectivity index (χ3n) is 2.06. The van der Waals surface area contributed by atoms with E-state index in [-0.39, 0.29) is 12.5 Å². The maximum absolute atomic E-state index is 11.7. The maximum Gasteiger partial charge on any atom is 0.255 e. The van der Waals surface area contributed by atoms with Crippen LogP contribution in [0.25, 0.3) is 0 Å². The minimum atomic E-state index is -0.162. The lowest BCUT2D eigenvalue weighted by Crippen LogP contribution is -2.29. The number of likely N-dealkylation sites (N-methyl/N-ethyl adjacent to an activating group) is 1. The Balaban J connectivity index is 2.69. The van der Waals surface area contributed by atoms with Crippen LogP contribution < -0.4 is 4.74 Å². The summed E-state index contributed by atoms with van der Waals surface area (Å²) in [6, 6.07) is 3.32. The molecule has 88 valence electrons. The van der Waals surface area contributed by atoms with Crippen LogP contribution in [-0.4, -0.2) is 47.7 Å². The molecular weight excluding hydrogens is 208 g/mol. The van der Waals surface area contributed by atoms with Gasteiger partial charge in [0.1, 0.15) is 0 Å². The number of aliphatic hydroxyl groups excluding tert-OH is 1. The topological polar surface area (TPSA) is 62.7 Å². The van der Waals surface area contributed by atoms with E-state index in [2.05, 4.69) is 4.98 Å². The Morgan fingerprint density at radius 1 is 1.56 bits per heavy atom. The minimum absolute atomic E-state index is 0.0489. The molecule has 1 aromatic rings. The number of aliphatic hydroxyl groups is 1. The van der Waals surface area contributed by atoms with E-state index in [9.17, 15) is 4.79 Å². The van der Waals surface area contributed by atoms with E-state index in [4.69, 9.17) is 9.84 Å². The smallest absolute Gasteiger partial charge is 0.255 e. The van der Waals surface area contributed by atoms with E-state index in [1.807, 2.05) is 6.92 Å². The number of nitrogens with zero attached hydrogens (tertiary/aromatic N) is 2. The van der Waals surface area contributed by atoms with Gasteiger partial charge in [-0.2, -0.15) is 0 Å². The number of aromatic nitrogens is 1. The number of pyridine rings is 1. The Labute approximate surface area is 94.7 Å². The second kappa shape index (κ2) is 6.07. The van der Waals surface area contributed by atoms with Crippen molar-refractivity contribution in [3.8, 4) is 5.88 Å². The molecule has 0 aromatic carbocycles. The van der Waals surface area contributed by atoms with Crippen molar-refractivity contribution < 1.29 is 14.6 Å². The quantitative estimate of drug-likeness (QED) is 0.793. The van der Waals surface area contributed by atoms with E-state index in [0.29, 0.717) is 24.6 Å². The van der Waals surface area contributed by atoms with Crippen molar-refractivity contribution in [2.75, 3.05) is 26.8 Å². The second-order valence-electron chi connectivity index (χ2n) is 3.27. The summed E-state index contributed by atoms with van der Waals surface area (Å²) in [5, 5.41) is 8.72. The average molecular weight is 224 g/mol. The van der Waals surface area contributed by atoms with Crippen molar-refractivity contribution in [2.45, 2.75) is 6.92 Å². The van der Waals surface area contributed by atoms with E-state index in [1.54, 1.807) is 19.2 Å². The zero-order chi connectivity index (χ0) is 12.0. The predicted octanol–water partition coefficient (Wildman–Crippen LogP) is 0.545. The van der Waals surface area contributed by atoms with Crippen LogP contribution in [0.5, 0.6) is 5.88 Å². The Morgan fingerprint density at radius 2 is 2.31 bits per heavy atom. The number of ether oxygens (including phenoxy) is 1. The standard InChI is InChI=1S/C11H16N2O3/c1-3-16-10-5-4-9(8-12-10)11(15)13(2)6-7-14/h4-5,8,14H,3,6-7H2,1-2H3. The molecule has 0 saturated carbocycles. The monoisotopic (exact) mass is 224 g/mol. The number of carbonyl (C=O) groups is 1. The predicted molar refractivity (Wildman–Crippen MR) is 59.5 cm³/mol. The average Bonchev–Trinajstić information content (AvgIpc) is 2.30. The molecule has 16 heavy (non-hydrogen) atoms. The van der Waals surface area contributed by atoms with Crippen LogP contribution >= 0.6 is 0 Å². The molecule has 0 aliphatic carbocycles. The highest BCUT2D eigenvalue weighted by atomic mass is 16.5. The molecule has 0 radical (unpaired) electrons. The summed E-state index contributed by atoms with van der Waals surface area (Å²) in [6.45, 7) is 2.68. The van der Waals surface area contributed by atoms with Gasteiger partial charge in [-0.25, -0.2) is 4.98 Å². The van der Waals surface area contributed by atoms with Crippen molar-refractivity contribution in [2.24, 2.45) is 0 Å². The molecule has 1 heterocycles. The van der Waals surface area contributed by atoms with Crippen molar-refractivity contribution in [3.05, 3.63) is 23.9 Å². The van der Waals surface area contributed by atoms with Gasteiger partial charge in [-0.3, -0.25) is 4.79 Å². The lowest BCUT2D eigenvalue weighted by Gasteiger charge is -2.15. The van der Waals surface area contributed by atoms with Crippen molar-refractivity contribution in [1.82, 2.24) is 9.88 Å². The third-order valence-corrected chi connectivity index (χ3v) is 2.06. The number of rotatable bonds is 5. The number of hydrogen-bond acceptors (Lipinski definition) is 4. The van der Waals surface area contributed by atoms with Gasteiger partial charge in [-0.05, 0) is 13.0 Å². The molecule has 0 spiro atoms.